The van der Waals surface area contributed by atoms with Crippen molar-refractivity contribution >= 4 is 5.97 Å². The molecule has 5 rings (SSSR count). The number of halogens is 1. The van der Waals surface area contributed by atoms with Crippen LogP contribution in [0.2, 0.25) is 0 Å². The van der Waals surface area contributed by atoms with Crippen LogP contribution >= 0.6 is 0 Å². The summed E-state index contributed by atoms with van der Waals surface area (Å²) < 4.78 is 28.0. The Hall–Kier alpha value is -4.13. The summed E-state index contributed by atoms with van der Waals surface area (Å²) in [6, 6.07) is 18.3. The van der Waals surface area contributed by atoms with E-state index in [0.717, 1.165) is 35.1 Å². The van der Waals surface area contributed by atoms with Crippen LogP contribution in [0, 0.1) is 11.7 Å². The van der Waals surface area contributed by atoms with Crippen molar-refractivity contribution in [1.82, 2.24) is 9.78 Å². The summed E-state index contributed by atoms with van der Waals surface area (Å²) in [7, 11) is 3.39. The highest BCUT2D eigenvalue weighted by molar-refractivity contribution is 5.84. The molecule has 0 aliphatic heterocycles. The minimum atomic E-state index is -0.769. The van der Waals surface area contributed by atoms with Crippen molar-refractivity contribution in [3.8, 4) is 33.8 Å². The molecule has 0 saturated heterocycles. The molecule has 1 aliphatic rings. The molecule has 1 atom stereocenters. The van der Waals surface area contributed by atoms with Crippen LogP contribution in [-0.2, 0) is 18.4 Å². The number of ether oxygens (including phenoxy) is 2. The fourth-order valence-electron chi connectivity index (χ4n) is 4.81. The number of carboxylic acids is 1. The number of benzene rings is 3. The fourth-order valence-corrected chi connectivity index (χ4v) is 4.81. The number of aryl methyl sites for hydroxylation is 1. The maximum atomic E-state index is 14.9. The third-order valence-corrected chi connectivity index (χ3v) is 6.84. The average Bonchev–Trinajstić information content (AvgIpc) is 3.65. The molecule has 190 valence electrons. The first-order valence-corrected chi connectivity index (χ1v) is 12.3. The van der Waals surface area contributed by atoms with Crippen LogP contribution < -0.4 is 9.47 Å². The van der Waals surface area contributed by atoms with Crippen molar-refractivity contribution in [2.75, 3.05) is 7.11 Å². The quantitative estimate of drug-likeness (QED) is 0.271. The number of nitrogens with zero attached hydrogens (tertiary/aromatic N) is 2. The van der Waals surface area contributed by atoms with Gasteiger partial charge in [0.05, 0.1) is 19.7 Å². The molecule has 0 amide bonds. The van der Waals surface area contributed by atoms with Gasteiger partial charge in [0.15, 0.2) is 0 Å². The SMILES string of the molecule is COc1ccc(F)c(-c2ccc(OCc3cccc(C(CC(=O)O)C4CC4)c3)cc2-c2cnn(C)c2)c1. The lowest BCUT2D eigenvalue weighted by Crippen LogP contribution is -2.09. The Kier molecular flexibility index (Phi) is 6.95. The van der Waals surface area contributed by atoms with E-state index in [2.05, 4.69) is 5.10 Å². The molecular weight excluding hydrogens is 471 g/mol. The Morgan fingerprint density at radius 1 is 1.08 bits per heavy atom. The van der Waals surface area contributed by atoms with Gasteiger partial charge >= 0.3 is 5.97 Å². The summed E-state index contributed by atoms with van der Waals surface area (Å²) in [4.78, 5) is 11.4. The van der Waals surface area contributed by atoms with Crippen molar-refractivity contribution in [2.45, 2.75) is 31.8 Å². The summed E-state index contributed by atoms with van der Waals surface area (Å²) in [5.74, 6) is 0.573. The molecule has 1 aliphatic carbocycles. The number of methoxy groups -OCH3 is 1. The van der Waals surface area contributed by atoms with E-state index in [9.17, 15) is 14.3 Å². The van der Waals surface area contributed by atoms with E-state index in [-0.39, 0.29) is 18.2 Å². The Morgan fingerprint density at radius 2 is 1.86 bits per heavy atom. The molecule has 37 heavy (non-hydrogen) atoms. The Morgan fingerprint density at radius 3 is 2.57 bits per heavy atom. The lowest BCUT2D eigenvalue weighted by Gasteiger charge is -2.16. The maximum Gasteiger partial charge on any atom is 0.303 e. The first-order valence-electron chi connectivity index (χ1n) is 12.3. The van der Waals surface area contributed by atoms with Gasteiger partial charge in [-0.1, -0.05) is 24.3 Å². The third kappa shape index (κ3) is 5.66. The Labute approximate surface area is 215 Å². The van der Waals surface area contributed by atoms with E-state index in [4.69, 9.17) is 9.47 Å². The molecule has 1 aromatic heterocycles. The zero-order valence-electron chi connectivity index (χ0n) is 20.9. The van der Waals surface area contributed by atoms with E-state index >= 15 is 0 Å². The molecule has 6 nitrogen and oxygen atoms in total. The fraction of sp³-hybridized carbons (Fsp3) is 0.267. The van der Waals surface area contributed by atoms with Crippen LogP contribution in [0.1, 0.15) is 36.3 Å². The first-order chi connectivity index (χ1) is 17.9. The average molecular weight is 501 g/mol. The van der Waals surface area contributed by atoms with Gasteiger partial charge in [-0.3, -0.25) is 9.48 Å². The van der Waals surface area contributed by atoms with Crippen molar-refractivity contribution in [1.29, 1.82) is 0 Å². The lowest BCUT2D eigenvalue weighted by atomic mass is 9.90. The van der Waals surface area contributed by atoms with Gasteiger partial charge in [0.1, 0.15) is 23.9 Å². The second kappa shape index (κ2) is 10.5. The van der Waals surface area contributed by atoms with Gasteiger partial charge in [-0.05, 0) is 83.3 Å². The molecule has 3 aromatic carbocycles. The summed E-state index contributed by atoms with van der Waals surface area (Å²) in [5, 5.41) is 13.6. The number of hydrogen-bond donors (Lipinski definition) is 1. The maximum absolute atomic E-state index is 14.9. The molecular formula is C30H29FN2O4. The normalized spacial score (nSPS) is 13.8. The second-order valence-electron chi connectivity index (χ2n) is 9.53. The number of aliphatic carboxylic acids is 1. The molecule has 1 saturated carbocycles. The number of carbonyl (C=O) groups is 1. The smallest absolute Gasteiger partial charge is 0.303 e. The predicted octanol–water partition coefficient (Wildman–Crippen LogP) is 6.45. The van der Waals surface area contributed by atoms with Crippen LogP contribution in [0.3, 0.4) is 0 Å². The van der Waals surface area contributed by atoms with Gasteiger partial charge in [-0.15, -0.1) is 0 Å². The lowest BCUT2D eigenvalue weighted by molar-refractivity contribution is -0.137. The minimum absolute atomic E-state index is 0.0340. The van der Waals surface area contributed by atoms with Crippen molar-refractivity contribution < 1.29 is 23.8 Å². The molecule has 0 spiro atoms. The predicted molar refractivity (Wildman–Crippen MR) is 139 cm³/mol. The van der Waals surface area contributed by atoms with E-state index in [1.54, 1.807) is 30.1 Å². The van der Waals surface area contributed by atoms with E-state index in [1.807, 2.05) is 55.7 Å². The van der Waals surface area contributed by atoms with E-state index < -0.39 is 5.97 Å². The van der Waals surface area contributed by atoms with Gasteiger partial charge in [0.2, 0.25) is 0 Å². The van der Waals surface area contributed by atoms with Crippen molar-refractivity contribution in [3.63, 3.8) is 0 Å². The summed E-state index contributed by atoms with van der Waals surface area (Å²) >= 11 is 0. The summed E-state index contributed by atoms with van der Waals surface area (Å²) in [6.45, 7) is 0.331. The van der Waals surface area contributed by atoms with Crippen molar-refractivity contribution in [2.24, 2.45) is 13.0 Å². The zero-order chi connectivity index (χ0) is 25.9. The topological polar surface area (TPSA) is 73.6 Å². The number of aromatic nitrogens is 2. The Bertz CT molecular complexity index is 1430. The molecule has 1 N–H and O–H groups in total. The summed E-state index contributed by atoms with van der Waals surface area (Å²) in [5.41, 5.74) is 4.79. The van der Waals surface area contributed by atoms with Crippen LogP contribution in [0.4, 0.5) is 4.39 Å². The highest BCUT2D eigenvalue weighted by Crippen LogP contribution is 2.44. The van der Waals surface area contributed by atoms with Crippen LogP contribution in [-0.4, -0.2) is 28.0 Å². The highest BCUT2D eigenvalue weighted by atomic mass is 19.1. The number of carboxylic acid groups (broad SMARTS) is 1. The van der Waals surface area contributed by atoms with Crippen LogP contribution in [0.25, 0.3) is 22.3 Å². The van der Waals surface area contributed by atoms with Gasteiger partial charge in [0.25, 0.3) is 0 Å². The molecule has 1 heterocycles. The molecule has 1 unspecified atom stereocenters. The van der Waals surface area contributed by atoms with E-state index in [0.29, 0.717) is 35.2 Å². The number of rotatable bonds is 10. The molecule has 1 fully saturated rings. The van der Waals surface area contributed by atoms with Gasteiger partial charge < -0.3 is 14.6 Å². The van der Waals surface area contributed by atoms with E-state index in [1.165, 1.54) is 6.07 Å². The van der Waals surface area contributed by atoms with Gasteiger partial charge in [-0.2, -0.15) is 5.10 Å². The zero-order valence-corrected chi connectivity index (χ0v) is 20.9. The van der Waals surface area contributed by atoms with Gasteiger partial charge in [0, 0.05) is 24.4 Å². The summed E-state index contributed by atoms with van der Waals surface area (Å²) in [6.07, 6.45) is 5.92. The Balaban J connectivity index is 1.43. The first kappa shape index (κ1) is 24.6. The molecule has 7 heteroatoms. The van der Waals surface area contributed by atoms with Crippen LogP contribution in [0.5, 0.6) is 11.5 Å². The number of hydrogen-bond acceptors (Lipinski definition) is 4. The molecule has 0 radical (unpaired) electrons. The third-order valence-electron chi connectivity index (χ3n) is 6.84. The highest BCUT2D eigenvalue weighted by Gasteiger charge is 2.33. The molecule has 0 bridgehead atoms. The van der Waals surface area contributed by atoms with Crippen LogP contribution in [0.15, 0.2) is 73.1 Å². The molecule has 4 aromatic rings. The minimum Gasteiger partial charge on any atom is -0.497 e. The van der Waals surface area contributed by atoms with Crippen molar-refractivity contribution in [3.05, 3.63) is 90.0 Å². The standard InChI is InChI=1S/C30H29FN2O4/c1-33-17-22(16-32-33)27-14-24(8-10-25(27)28-13-23(36-2)9-11-29(28)31)37-18-19-4-3-5-21(12-19)26(15-30(34)35)20-6-7-20/h3-5,8-14,16-17,20,26H,6-7,15,18H2,1-2H3,(H,34,35). The second-order valence-corrected chi connectivity index (χ2v) is 9.53. The monoisotopic (exact) mass is 500 g/mol. The largest absolute Gasteiger partial charge is 0.497 e. The van der Waals surface area contributed by atoms with Gasteiger partial charge in [-0.25, -0.2) is 4.39 Å².